The highest BCUT2D eigenvalue weighted by molar-refractivity contribution is 5.88. The van der Waals surface area contributed by atoms with E-state index >= 15 is 0 Å². The van der Waals surface area contributed by atoms with E-state index in [0.717, 1.165) is 49.8 Å². The summed E-state index contributed by atoms with van der Waals surface area (Å²) in [4.78, 5) is 24.9. The van der Waals surface area contributed by atoms with Crippen LogP contribution in [0.25, 0.3) is 0 Å². The number of carbonyl (C=O) groups is 2. The number of carbonyl (C=O) groups excluding carboxylic acids is 2. The van der Waals surface area contributed by atoms with Gasteiger partial charge in [-0.1, -0.05) is 24.6 Å². The first-order valence-electron chi connectivity index (χ1n) is 8.78. The van der Waals surface area contributed by atoms with Gasteiger partial charge in [-0.2, -0.15) is 0 Å². The molecule has 2 aliphatic carbocycles. The molecule has 0 aromatic heterocycles. The number of rotatable bonds is 2. The van der Waals surface area contributed by atoms with Gasteiger partial charge in [-0.25, -0.2) is 0 Å². The highest BCUT2D eigenvalue weighted by atomic mass is 16.5. The summed E-state index contributed by atoms with van der Waals surface area (Å²) in [5.41, 5.74) is 1.07. The van der Waals surface area contributed by atoms with Gasteiger partial charge in [-0.05, 0) is 31.7 Å². The number of hydrogen-bond acceptors (Lipinski definition) is 3. The number of hydrogen-bond donors (Lipinski definition) is 1. The van der Waals surface area contributed by atoms with Crippen molar-refractivity contribution in [3.05, 3.63) is 29.8 Å². The van der Waals surface area contributed by atoms with E-state index < -0.39 is 0 Å². The molecule has 4 rings (SSSR count). The van der Waals surface area contributed by atoms with Gasteiger partial charge in [0.25, 0.3) is 0 Å². The van der Waals surface area contributed by atoms with E-state index in [4.69, 9.17) is 4.74 Å². The molecular formula is C19H23NO3. The van der Waals surface area contributed by atoms with Gasteiger partial charge in [0.05, 0.1) is 12.6 Å². The molecule has 0 radical (unpaired) electrons. The van der Waals surface area contributed by atoms with Crippen LogP contribution in [0.4, 0.5) is 0 Å². The Labute approximate surface area is 136 Å². The predicted molar refractivity (Wildman–Crippen MR) is 86.0 cm³/mol. The largest absolute Gasteiger partial charge is 0.493 e. The molecule has 3 atom stereocenters. The zero-order valence-electron chi connectivity index (χ0n) is 13.3. The molecule has 1 heterocycles. The molecule has 23 heavy (non-hydrogen) atoms. The minimum atomic E-state index is -0.00185. The normalized spacial score (nSPS) is 32.6. The number of fused-ring (bicyclic) bond motifs is 3. The zero-order chi connectivity index (χ0) is 15.8. The lowest BCUT2D eigenvalue weighted by atomic mass is 9.67. The molecule has 2 saturated carbocycles. The van der Waals surface area contributed by atoms with Crippen LogP contribution in [0.2, 0.25) is 0 Å². The van der Waals surface area contributed by atoms with Gasteiger partial charge >= 0.3 is 0 Å². The van der Waals surface area contributed by atoms with Crippen molar-refractivity contribution < 1.29 is 14.3 Å². The number of benzene rings is 1. The second-order valence-electron chi connectivity index (χ2n) is 7.13. The highest BCUT2D eigenvalue weighted by Crippen LogP contribution is 2.40. The molecule has 0 spiro atoms. The molecule has 1 aliphatic heterocycles. The lowest BCUT2D eigenvalue weighted by Crippen LogP contribution is -2.44. The Morgan fingerprint density at radius 3 is 2.61 bits per heavy atom. The molecule has 122 valence electrons. The Kier molecular flexibility index (Phi) is 3.83. The summed E-state index contributed by atoms with van der Waals surface area (Å²) < 4.78 is 5.66. The summed E-state index contributed by atoms with van der Waals surface area (Å²) >= 11 is 0. The summed E-state index contributed by atoms with van der Waals surface area (Å²) in [6.07, 6.45) is 5.38. The summed E-state index contributed by atoms with van der Waals surface area (Å²) in [7, 11) is 0. The Bertz CT molecular complexity index is 611. The third kappa shape index (κ3) is 2.75. The maximum absolute atomic E-state index is 12.8. The average molecular weight is 313 g/mol. The molecule has 2 fully saturated rings. The van der Waals surface area contributed by atoms with E-state index in [2.05, 4.69) is 5.32 Å². The van der Waals surface area contributed by atoms with Crippen LogP contribution >= 0.6 is 0 Å². The zero-order valence-corrected chi connectivity index (χ0v) is 13.3. The molecular weight excluding hydrogens is 290 g/mol. The van der Waals surface area contributed by atoms with Crippen molar-refractivity contribution in [2.24, 2.45) is 17.8 Å². The first-order chi connectivity index (χ1) is 11.2. The van der Waals surface area contributed by atoms with Crippen molar-refractivity contribution in [3.8, 4) is 5.75 Å². The van der Waals surface area contributed by atoms with Crippen molar-refractivity contribution in [2.45, 2.75) is 44.6 Å². The third-order valence-electron chi connectivity index (χ3n) is 5.69. The van der Waals surface area contributed by atoms with Gasteiger partial charge in [0, 0.05) is 29.7 Å². The van der Waals surface area contributed by atoms with E-state index in [1.807, 2.05) is 24.3 Å². The first-order valence-corrected chi connectivity index (χ1v) is 8.78. The van der Waals surface area contributed by atoms with Crippen LogP contribution in [0.15, 0.2) is 24.3 Å². The molecule has 3 aliphatic rings. The van der Waals surface area contributed by atoms with E-state index in [9.17, 15) is 9.59 Å². The van der Waals surface area contributed by atoms with Crippen LogP contribution in [0, 0.1) is 17.8 Å². The fourth-order valence-corrected chi connectivity index (χ4v) is 4.48. The molecule has 4 heteroatoms. The number of ketones is 1. The van der Waals surface area contributed by atoms with Crippen LogP contribution in [0.1, 0.15) is 50.1 Å². The maximum Gasteiger partial charge on any atom is 0.223 e. The number of nitrogens with one attached hydrogen (secondary N) is 1. The predicted octanol–water partition coefficient (Wildman–Crippen LogP) is 3.02. The van der Waals surface area contributed by atoms with Gasteiger partial charge in [0.1, 0.15) is 11.5 Å². The lowest BCUT2D eigenvalue weighted by Gasteiger charge is -2.37. The topological polar surface area (TPSA) is 55.4 Å². The van der Waals surface area contributed by atoms with Crippen LogP contribution < -0.4 is 10.1 Å². The van der Waals surface area contributed by atoms with Crippen molar-refractivity contribution in [1.82, 2.24) is 5.32 Å². The van der Waals surface area contributed by atoms with Gasteiger partial charge in [0.2, 0.25) is 5.91 Å². The Morgan fingerprint density at radius 2 is 1.83 bits per heavy atom. The van der Waals surface area contributed by atoms with Crippen LogP contribution in [0.5, 0.6) is 5.75 Å². The Balaban J connectivity index is 1.46. The van der Waals surface area contributed by atoms with E-state index in [-0.39, 0.29) is 29.7 Å². The fourth-order valence-electron chi connectivity index (χ4n) is 4.48. The lowest BCUT2D eigenvalue weighted by molar-refractivity contribution is -0.138. The Hall–Kier alpha value is -1.84. The molecule has 4 nitrogen and oxygen atoms in total. The quantitative estimate of drug-likeness (QED) is 0.913. The van der Waals surface area contributed by atoms with Gasteiger partial charge in [-0.3, -0.25) is 9.59 Å². The van der Waals surface area contributed by atoms with Crippen molar-refractivity contribution in [1.29, 1.82) is 0 Å². The minimum absolute atomic E-state index is 0.00185. The second-order valence-corrected chi connectivity index (χ2v) is 7.13. The van der Waals surface area contributed by atoms with Gasteiger partial charge in [-0.15, -0.1) is 0 Å². The number of amides is 1. The second kappa shape index (κ2) is 5.99. The summed E-state index contributed by atoms with van der Waals surface area (Å²) in [6.45, 7) is 0.635. The molecule has 1 aromatic rings. The molecule has 0 saturated heterocycles. The molecule has 3 unspecified atom stereocenters. The number of Topliss-reactive ketones (excluding diaryl/α,β-unsaturated/α-hetero) is 1. The first kappa shape index (κ1) is 14.7. The Morgan fingerprint density at radius 1 is 1.09 bits per heavy atom. The smallest absolute Gasteiger partial charge is 0.223 e. The van der Waals surface area contributed by atoms with Crippen LogP contribution in [-0.2, 0) is 9.59 Å². The monoisotopic (exact) mass is 313 g/mol. The molecule has 1 aromatic carbocycles. The fraction of sp³-hybridized carbons (Fsp3) is 0.579. The maximum atomic E-state index is 12.8. The SMILES string of the molecule is O=C(NC1CCOc2ccccc21)C1CC2CCCC(C1)C2=O. The van der Waals surface area contributed by atoms with E-state index in [1.54, 1.807) is 0 Å². The summed E-state index contributed by atoms with van der Waals surface area (Å²) in [5, 5.41) is 3.22. The minimum Gasteiger partial charge on any atom is -0.493 e. The summed E-state index contributed by atoms with van der Waals surface area (Å²) in [5.74, 6) is 1.66. The van der Waals surface area contributed by atoms with Gasteiger partial charge < -0.3 is 10.1 Å². The number of para-hydroxylation sites is 1. The molecule has 2 bridgehead atoms. The average Bonchev–Trinajstić information content (AvgIpc) is 2.55. The van der Waals surface area contributed by atoms with Gasteiger partial charge in [0.15, 0.2) is 0 Å². The highest BCUT2D eigenvalue weighted by Gasteiger charge is 2.41. The van der Waals surface area contributed by atoms with Crippen LogP contribution in [-0.4, -0.2) is 18.3 Å². The van der Waals surface area contributed by atoms with Crippen molar-refractivity contribution in [3.63, 3.8) is 0 Å². The summed E-state index contributed by atoms with van der Waals surface area (Å²) in [6, 6.07) is 7.95. The van der Waals surface area contributed by atoms with Crippen molar-refractivity contribution in [2.75, 3.05) is 6.61 Å². The van der Waals surface area contributed by atoms with E-state index in [1.165, 1.54) is 0 Å². The van der Waals surface area contributed by atoms with Crippen LogP contribution in [0.3, 0.4) is 0 Å². The number of ether oxygens (including phenoxy) is 1. The standard InChI is InChI=1S/C19H23NO3/c21-18-12-4-3-5-13(18)11-14(10-12)19(22)20-16-8-9-23-17-7-2-1-6-15(16)17/h1-2,6-7,12-14,16H,3-5,8-11H2,(H,20,22). The van der Waals surface area contributed by atoms with E-state index in [0.29, 0.717) is 12.4 Å². The van der Waals surface area contributed by atoms with Crippen molar-refractivity contribution >= 4 is 11.7 Å². The third-order valence-corrected chi connectivity index (χ3v) is 5.69. The molecule has 1 amide bonds. The molecule has 1 N–H and O–H groups in total.